The average molecular weight is 371 g/mol. The molecule has 134 valence electrons. The van der Waals surface area contributed by atoms with Crippen LogP contribution in [0.15, 0.2) is 17.5 Å². The van der Waals surface area contributed by atoms with Crippen LogP contribution in [0.1, 0.15) is 43.4 Å². The van der Waals surface area contributed by atoms with Crippen LogP contribution in [-0.2, 0) is 20.2 Å². The molecule has 1 N–H and O–H groups in total. The first-order valence-corrected chi connectivity index (χ1v) is 11.4. The molecule has 1 aliphatic carbocycles. The lowest BCUT2D eigenvalue weighted by Gasteiger charge is -2.32. The standard InChI is InChI=1S/C17H26N2O3S2/c1-24(21,22)19-10-6-14(7-11-19)13-18-16(20)17(8-2-3-9-17)15-5-4-12-23-15/h4-5,12,14H,2-3,6-11,13H2,1H3,(H,18,20). The minimum Gasteiger partial charge on any atom is -0.355 e. The summed E-state index contributed by atoms with van der Waals surface area (Å²) < 4.78 is 24.7. The average Bonchev–Trinajstić information content (AvgIpc) is 3.23. The summed E-state index contributed by atoms with van der Waals surface area (Å²) in [5.74, 6) is 0.529. The summed E-state index contributed by atoms with van der Waals surface area (Å²) in [6.45, 7) is 1.79. The van der Waals surface area contributed by atoms with Gasteiger partial charge in [-0.3, -0.25) is 4.79 Å². The summed E-state index contributed by atoms with van der Waals surface area (Å²) in [4.78, 5) is 14.1. The van der Waals surface area contributed by atoms with Gasteiger partial charge < -0.3 is 5.32 Å². The minimum atomic E-state index is -3.09. The van der Waals surface area contributed by atoms with E-state index in [1.807, 2.05) is 11.4 Å². The summed E-state index contributed by atoms with van der Waals surface area (Å²) in [5, 5.41) is 5.22. The second-order valence-electron chi connectivity index (χ2n) is 7.08. The highest BCUT2D eigenvalue weighted by molar-refractivity contribution is 7.88. The third-order valence-electron chi connectivity index (χ3n) is 5.48. The Hall–Kier alpha value is -0.920. The van der Waals surface area contributed by atoms with Gasteiger partial charge in [0.15, 0.2) is 0 Å². The molecule has 0 bridgehead atoms. The van der Waals surface area contributed by atoms with Gasteiger partial charge in [-0.2, -0.15) is 0 Å². The van der Waals surface area contributed by atoms with Gasteiger partial charge in [0.05, 0.1) is 11.7 Å². The van der Waals surface area contributed by atoms with E-state index < -0.39 is 10.0 Å². The van der Waals surface area contributed by atoms with E-state index in [1.165, 1.54) is 15.4 Å². The van der Waals surface area contributed by atoms with Crippen molar-refractivity contribution < 1.29 is 13.2 Å². The highest BCUT2D eigenvalue weighted by atomic mass is 32.2. The largest absolute Gasteiger partial charge is 0.355 e. The first-order chi connectivity index (χ1) is 11.4. The van der Waals surface area contributed by atoms with E-state index in [0.717, 1.165) is 38.5 Å². The van der Waals surface area contributed by atoms with Crippen molar-refractivity contribution in [1.29, 1.82) is 0 Å². The topological polar surface area (TPSA) is 66.5 Å². The molecule has 24 heavy (non-hydrogen) atoms. The Bertz CT molecular complexity index is 656. The number of hydrogen-bond donors (Lipinski definition) is 1. The van der Waals surface area contributed by atoms with E-state index in [-0.39, 0.29) is 11.3 Å². The molecule has 1 saturated carbocycles. The van der Waals surface area contributed by atoms with Crippen molar-refractivity contribution in [1.82, 2.24) is 9.62 Å². The second-order valence-corrected chi connectivity index (χ2v) is 10.0. The third kappa shape index (κ3) is 3.68. The van der Waals surface area contributed by atoms with E-state index >= 15 is 0 Å². The van der Waals surface area contributed by atoms with Gasteiger partial charge in [0.25, 0.3) is 0 Å². The predicted molar refractivity (Wildman–Crippen MR) is 96.6 cm³/mol. The van der Waals surface area contributed by atoms with Gasteiger partial charge in [-0.15, -0.1) is 11.3 Å². The zero-order valence-electron chi connectivity index (χ0n) is 14.2. The Morgan fingerprint density at radius 3 is 2.54 bits per heavy atom. The highest BCUT2D eigenvalue weighted by Gasteiger charge is 2.43. The van der Waals surface area contributed by atoms with Crippen molar-refractivity contribution in [2.45, 2.75) is 43.9 Å². The van der Waals surface area contributed by atoms with Crippen LogP contribution in [0.25, 0.3) is 0 Å². The number of thiophene rings is 1. The number of nitrogens with zero attached hydrogens (tertiary/aromatic N) is 1. The number of sulfonamides is 1. The van der Waals surface area contributed by atoms with Crippen LogP contribution < -0.4 is 5.32 Å². The summed E-state index contributed by atoms with van der Waals surface area (Å²) in [6.07, 6.45) is 6.99. The lowest BCUT2D eigenvalue weighted by atomic mass is 9.83. The summed E-state index contributed by atoms with van der Waals surface area (Å²) in [7, 11) is -3.09. The Morgan fingerprint density at radius 2 is 2.00 bits per heavy atom. The Labute approximate surface area is 148 Å². The van der Waals surface area contributed by atoms with Crippen molar-refractivity contribution in [3.63, 3.8) is 0 Å². The second kappa shape index (κ2) is 7.14. The van der Waals surface area contributed by atoms with Gasteiger partial charge >= 0.3 is 0 Å². The lowest BCUT2D eigenvalue weighted by molar-refractivity contribution is -0.126. The molecule has 1 aromatic heterocycles. The van der Waals surface area contributed by atoms with Crippen molar-refractivity contribution >= 4 is 27.3 Å². The molecular weight excluding hydrogens is 344 g/mol. The maximum absolute atomic E-state index is 12.9. The lowest BCUT2D eigenvalue weighted by Crippen LogP contribution is -2.46. The molecule has 1 aromatic rings. The van der Waals surface area contributed by atoms with E-state index in [4.69, 9.17) is 0 Å². The van der Waals surface area contributed by atoms with Crippen molar-refractivity contribution in [3.8, 4) is 0 Å². The van der Waals surface area contributed by atoms with E-state index in [1.54, 1.807) is 11.3 Å². The summed E-state index contributed by atoms with van der Waals surface area (Å²) >= 11 is 1.68. The molecule has 2 heterocycles. The number of hydrogen-bond acceptors (Lipinski definition) is 4. The minimum absolute atomic E-state index is 0.160. The van der Waals surface area contributed by atoms with Gasteiger partial charge in [0.1, 0.15) is 0 Å². The SMILES string of the molecule is CS(=O)(=O)N1CCC(CNC(=O)C2(c3cccs3)CCCC2)CC1. The molecule has 1 saturated heterocycles. The molecule has 2 aliphatic rings. The quantitative estimate of drug-likeness (QED) is 0.865. The third-order valence-corrected chi connectivity index (χ3v) is 7.86. The van der Waals surface area contributed by atoms with Crippen molar-refractivity contribution in [3.05, 3.63) is 22.4 Å². The molecule has 3 rings (SSSR count). The summed E-state index contributed by atoms with van der Waals surface area (Å²) in [5.41, 5.74) is -0.332. The van der Waals surface area contributed by atoms with Crippen LogP contribution >= 0.6 is 11.3 Å². The molecule has 0 atom stereocenters. The molecule has 0 spiro atoms. The van der Waals surface area contributed by atoms with Crippen LogP contribution in [0.5, 0.6) is 0 Å². The van der Waals surface area contributed by atoms with Crippen LogP contribution in [-0.4, -0.2) is 44.5 Å². The van der Waals surface area contributed by atoms with Crippen LogP contribution in [0, 0.1) is 5.92 Å². The first kappa shape index (κ1) is 17.9. The van der Waals surface area contributed by atoms with Gasteiger partial charge in [-0.05, 0) is 43.0 Å². The Kier molecular flexibility index (Phi) is 5.32. The Morgan fingerprint density at radius 1 is 1.33 bits per heavy atom. The zero-order chi connectivity index (χ0) is 17.2. The van der Waals surface area contributed by atoms with Gasteiger partial charge in [-0.25, -0.2) is 12.7 Å². The fourth-order valence-corrected chi connectivity index (χ4v) is 5.82. The number of rotatable bonds is 5. The van der Waals surface area contributed by atoms with Gasteiger partial charge in [-0.1, -0.05) is 18.9 Å². The molecule has 1 amide bonds. The molecule has 0 aromatic carbocycles. The van der Waals surface area contributed by atoms with Gasteiger partial charge in [0, 0.05) is 24.5 Å². The molecule has 1 aliphatic heterocycles. The molecular formula is C17H26N2O3S2. The molecule has 5 nitrogen and oxygen atoms in total. The van der Waals surface area contributed by atoms with E-state index in [9.17, 15) is 13.2 Å². The number of carbonyl (C=O) groups excluding carboxylic acids is 1. The van der Waals surface area contributed by atoms with Gasteiger partial charge in [0.2, 0.25) is 15.9 Å². The number of carbonyl (C=O) groups is 1. The van der Waals surface area contributed by atoms with Crippen LogP contribution in [0.4, 0.5) is 0 Å². The Balaban J connectivity index is 1.56. The molecule has 7 heteroatoms. The highest BCUT2D eigenvalue weighted by Crippen LogP contribution is 2.43. The number of nitrogens with one attached hydrogen (secondary N) is 1. The molecule has 2 fully saturated rings. The summed E-state index contributed by atoms with van der Waals surface area (Å²) in [6, 6.07) is 4.11. The first-order valence-electron chi connectivity index (χ1n) is 8.69. The van der Waals surface area contributed by atoms with Crippen LogP contribution in [0.2, 0.25) is 0 Å². The smallest absolute Gasteiger partial charge is 0.231 e. The number of amides is 1. The maximum atomic E-state index is 12.9. The zero-order valence-corrected chi connectivity index (χ0v) is 15.8. The maximum Gasteiger partial charge on any atom is 0.231 e. The fourth-order valence-electron chi connectivity index (χ4n) is 3.97. The number of piperidine rings is 1. The van der Waals surface area contributed by atoms with Crippen molar-refractivity contribution in [2.75, 3.05) is 25.9 Å². The van der Waals surface area contributed by atoms with E-state index in [0.29, 0.717) is 25.6 Å². The van der Waals surface area contributed by atoms with Crippen LogP contribution in [0.3, 0.4) is 0 Å². The van der Waals surface area contributed by atoms with Crippen molar-refractivity contribution in [2.24, 2.45) is 5.92 Å². The molecule has 0 radical (unpaired) electrons. The fraction of sp³-hybridized carbons (Fsp3) is 0.706. The normalized spacial score (nSPS) is 22.5. The molecule has 0 unspecified atom stereocenters. The monoisotopic (exact) mass is 370 g/mol. The predicted octanol–water partition coefficient (Wildman–Crippen LogP) is 2.35. The van der Waals surface area contributed by atoms with E-state index in [2.05, 4.69) is 11.4 Å².